The van der Waals surface area contributed by atoms with Crippen molar-refractivity contribution in [1.29, 1.82) is 0 Å². The molecule has 4 nitrogen and oxygen atoms in total. The van der Waals surface area contributed by atoms with Gasteiger partial charge >= 0.3 is 6.18 Å². The van der Waals surface area contributed by atoms with Crippen LogP contribution in [0.4, 0.5) is 18.9 Å². The monoisotopic (exact) mass is 330 g/mol. The van der Waals surface area contributed by atoms with E-state index in [1.807, 2.05) is 18.8 Å². The maximum Gasteiger partial charge on any atom is 0.417 e. The Morgan fingerprint density at radius 2 is 2.05 bits per heavy atom. The Labute approximate surface area is 128 Å². The van der Waals surface area contributed by atoms with Crippen molar-refractivity contribution in [2.45, 2.75) is 25.9 Å². The molecular formula is C14H13F3N2O2S. The lowest BCUT2D eigenvalue weighted by molar-refractivity contribution is -0.137. The number of aromatic amines is 1. The van der Waals surface area contributed by atoms with Crippen LogP contribution in [0, 0.1) is 0 Å². The fraction of sp³-hybridized carbons (Fsp3) is 0.286. The molecule has 2 rings (SSSR count). The highest BCUT2D eigenvalue weighted by Crippen LogP contribution is 2.29. The van der Waals surface area contributed by atoms with E-state index in [1.165, 1.54) is 11.3 Å². The Morgan fingerprint density at radius 3 is 2.64 bits per heavy atom. The van der Waals surface area contributed by atoms with E-state index in [2.05, 4.69) is 5.32 Å². The molecule has 0 saturated carbocycles. The molecule has 0 spiro atoms. The molecule has 2 aromatic heterocycles. The summed E-state index contributed by atoms with van der Waals surface area (Å²) in [5, 5.41) is 3.97. The third-order valence-corrected chi connectivity index (χ3v) is 3.93. The number of hydrogen-bond acceptors (Lipinski definition) is 3. The quantitative estimate of drug-likeness (QED) is 0.898. The van der Waals surface area contributed by atoms with Crippen molar-refractivity contribution < 1.29 is 18.0 Å². The summed E-state index contributed by atoms with van der Waals surface area (Å²) in [6.07, 6.45) is -4.03. The van der Waals surface area contributed by atoms with Crippen LogP contribution in [-0.4, -0.2) is 10.9 Å². The minimum absolute atomic E-state index is 0.0896. The Balaban J connectivity index is 2.32. The number of H-pyrrole nitrogens is 1. The van der Waals surface area contributed by atoms with Crippen molar-refractivity contribution >= 4 is 22.9 Å². The van der Waals surface area contributed by atoms with Gasteiger partial charge in [-0.05, 0) is 29.0 Å². The highest BCUT2D eigenvalue weighted by atomic mass is 32.1. The van der Waals surface area contributed by atoms with E-state index < -0.39 is 28.9 Å². The van der Waals surface area contributed by atoms with E-state index in [9.17, 15) is 22.8 Å². The summed E-state index contributed by atoms with van der Waals surface area (Å²) in [5.74, 6) is -0.504. The summed E-state index contributed by atoms with van der Waals surface area (Å²) in [6, 6.07) is 2.40. The van der Waals surface area contributed by atoms with E-state index in [-0.39, 0.29) is 5.92 Å². The maximum absolute atomic E-state index is 12.6. The third kappa shape index (κ3) is 3.38. The van der Waals surface area contributed by atoms with Crippen LogP contribution in [0.2, 0.25) is 0 Å². The summed E-state index contributed by atoms with van der Waals surface area (Å²) in [5.41, 5.74) is -1.46. The Hall–Kier alpha value is -2.09. The molecule has 8 heteroatoms. The number of hydrogen-bond donors (Lipinski definition) is 2. The molecule has 118 valence electrons. The molecule has 2 N–H and O–H groups in total. The molecule has 0 aromatic carbocycles. The molecule has 0 fully saturated rings. The van der Waals surface area contributed by atoms with E-state index in [1.54, 1.807) is 11.4 Å². The van der Waals surface area contributed by atoms with Crippen LogP contribution in [0.3, 0.4) is 0 Å². The van der Waals surface area contributed by atoms with E-state index in [4.69, 9.17) is 0 Å². The first-order valence-electron chi connectivity index (χ1n) is 6.39. The molecule has 2 heterocycles. The molecule has 1 amide bonds. The molecule has 0 aliphatic heterocycles. The van der Waals surface area contributed by atoms with Gasteiger partial charge in [0, 0.05) is 6.20 Å². The third-order valence-electron chi connectivity index (χ3n) is 3.00. The lowest BCUT2D eigenvalue weighted by atomic mass is 10.0. The van der Waals surface area contributed by atoms with Crippen LogP contribution in [0.5, 0.6) is 0 Å². The van der Waals surface area contributed by atoms with Gasteiger partial charge in [0.1, 0.15) is 5.69 Å². The molecule has 0 unspecified atom stereocenters. The zero-order valence-electron chi connectivity index (χ0n) is 11.7. The topological polar surface area (TPSA) is 62.0 Å². The zero-order valence-corrected chi connectivity index (χ0v) is 12.6. The largest absolute Gasteiger partial charge is 0.417 e. The molecule has 0 saturated heterocycles. The first-order chi connectivity index (χ1) is 10.2. The van der Waals surface area contributed by atoms with Gasteiger partial charge < -0.3 is 10.3 Å². The van der Waals surface area contributed by atoms with E-state index in [0.717, 1.165) is 5.56 Å². The molecule has 0 aliphatic carbocycles. The molecule has 0 atom stereocenters. The second-order valence-electron chi connectivity index (χ2n) is 4.94. The number of pyridine rings is 1. The van der Waals surface area contributed by atoms with Gasteiger partial charge in [-0.25, -0.2) is 0 Å². The number of rotatable bonds is 3. The van der Waals surface area contributed by atoms with Gasteiger partial charge in [0.2, 0.25) is 0 Å². The number of amides is 1. The predicted octanol–water partition coefficient (Wildman–Crippen LogP) is 3.83. The summed E-state index contributed by atoms with van der Waals surface area (Å²) < 4.78 is 37.9. The minimum atomic E-state index is -4.60. The van der Waals surface area contributed by atoms with Crippen LogP contribution in [-0.2, 0) is 6.18 Å². The van der Waals surface area contributed by atoms with Crippen molar-refractivity contribution in [2.24, 2.45) is 0 Å². The molecule has 2 aromatic rings. The second kappa shape index (κ2) is 5.96. The summed E-state index contributed by atoms with van der Waals surface area (Å²) in [6.45, 7) is 3.80. The van der Waals surface area contributed by atoms with E-state index >= 15 is 0 Å². The van der Waals surface area contributed by atoms with Gasteiger partial charge in [-0.3, -0.25) is 9.59 Å². The van der Waals surface area contributed by atoms with Gasteiger partial charge in [0.05, 0.1) is 10.4 Å². The fourth-order valence-electron chi connectivity index (χ4n) is 1.88. The highest BCUT2D eigenvalue weighted by Gasteiger charge is 2.31. The predicted molar refractivity (Wildman–Crippen MR) is 78.4 cm³/mol. The number of carbonyl (C=O) groups excluding carboxylic acids is 1. The first kappa shape index (κ1) is 16.3. The summed E-state index contributed by atoms with van der Waals surface area (Å²) in [7, 11) is 0. The minimum Gasteiger partial charge on any atom is -0.327 e. The number of halogens is 3. The Kier molecular flexibility index (Phi) is 4.41. The lowest BCUT2D eigenvalue weighted by Gasteiger charge is -2.10. The van der Waals surface area contributed by atoms with Crippen molar-refractivity contribution in [3.63, 3.8) is 0 Å². The fourth-order valence-corrected chi connectivity index (χ4v) is 2.83. The van der Waals surface area contributed by atoms with Crippen LogP contribution in [0.25, 0.3) is 0 Å². The molecule has 0 radical (unpaired) electrons. The lowest BCUT2D eigenvalue weighted by Crippen LogP contribution is -2.21. The number of nitrogens with one attached hydrogen (secondary N) is 2. The summed E-state index contributed by atoms with van der Waals surface area (Å²) in [4.78, 5) is 26.1. The van der Waals surface area contributed by atoms with Crippen molar-refractivity contribution in [3.8, 4) is 0 Å². The second-order valence-corrected chi connectivity index (χ2v) is 5.86. The number of alkyl halides is 3. The normalized spacial score (nSPS) is 11.7. The summed E-state index contributed by atoms with van der Waals surface area (Å²) >= 11 is 1.17. The number of aromatic nitrogens is 1. The van der Waals surface area contributed by atoms with Crippen LogP contribution >= 0.6 is 11.3 Å². The highest BCUT2D eigenvalue weighted by molar-refractivity contribution is 7.12. The van der Waals surface area contributed by atoms with Gasteiger partial charge in [0.25, 0.3) is 11.5 Å². The van der Waals surface area contributed by atoms with Gasteiger partial charge in [-0.1, -0.05) is 13.8 Å². The Morgan fingerprint density at radius 1 is 1.36 bits per heavy atom. The first-order valence-corrected chi connectivity index (χ1v) is 7.26. The van der Waals surface area contributed by atoms with Crippen LogP contribution < -0.4 is 10.9 Å². The average Bonchev–Trinajstić information content (AvgIpc) is 2.89. The van der Waals surface area contributed by atoms with Crippen molar-refractivity contribution in [1.82, 2.24) is 4.98 Å². The number of carbonyl (C=O) groups is 1. The number of anilines is 1. The van der Waals surface area contributed by atoms with Gasteiger partial charge in [-0.15, -0.1) is 11.3 Å². The SMILES string of the molecule is CC(C)c1ccsc1C(=O)Nc1cc(C(F)(F)F)c[nH]c1=O. The standard InChI is InChI=1S/C14H13F3N2O2S/c1-7(2)9-3-4-22-11(9)13(21)19-10-5-8(14(15,16)17)6-18-12(10)20/h3-7H,1-2H3,(H,18,20)(H,19,21). The smallest absolute Gasteiger partial charge is 0.327 e. The van der Waals surface area contributed by atoms with Crippen LogP contribution in [0.15, 0.2) is 28.5 Å². The molecule has 0 bridgehead atoms. The maximum atomic E-state index is 12.6. The Bertz CT molecular complexity index is 747. The van der Waals surface area contributed by atoms with E-state index in [0.29, 0.717) is 17.1 Å². The average molecular weight is 330 g/mol. The van der Waals surface area contributed by atoms with Crippen molar-refractivity contribution in [3.05, 3.63) is 50.1 Å². The van der Waals surface area contributed by atoms with Gasteiger partial charge in [0.15, 0.2) is 0 Å². The molecule has 22 heavy (non-hydrogen) atoms. The molecular weight excluding hydrogens is 317 g/mol. The van der Waals surface area contributed by atoms with Gasteiger partial charge in [-0.2, -0.15) is 13.2 Å². The van der Waals surface area contributed by atoms with Crippen molar-refractivity contribution in [2.75, 3.05) is 5.32 Å². The van der Waals surface area contributed by atoms with Crippen LogP contribution in [0.1, 0.15) is 40.6 Å². The molecule has 0 aliphatic rings. The number of thiophene rings is 1. The zero-order chi connectivity index (χ0) is 16.5.